The van der Waals surface area contributed by atoms with Crippen molar-refractivity contribution < 1.29 is 9.84 Å². The molecule has 0 spiro atoms. The number of aryl methyl sites for hydroxylation is 1. The second-order valence-corrected chi connectivity index (χ2v) is 7.23. The van der Waals surface area contributed by atoms with E-state index >= 15 is 0 Å². The van der Waals surface area contributed by atoms with Gasteiger partial charge in [0.05, 0.1) is 24.5 Å². The number of aliphatic hydroxyl groups excluding tert-OH is 1. The monoisotopic (exact) mass is 322 g/mol. The Kier molecular flexibility index (Phi) is 5.36. The van der Waals surface area contributed by atoms with Crippen LogP contribution in [0.2, 0.25) is 0 Å². The minimum Gasteiger partial charge on any atom is -0.390 e. The van der Waals surface area contributed by atoms with Crippen molar-refractivity contribution in [2.75, 3.05) is 32.7 Å². The Balaban J connectivity index is 1.53. The molecule has 0 saturated carbocycles. The highest BCUT2D eigenvalue weighted by Crippen LogP contribution is 2.31. The van der Waals surface area contributed by atoms with Crippen molar-refractivity contribution in [1.29, 1.82) is 0 Å². The highest BCUT2D eigenvalue weighted by Gasteiger charge is 2.30. The van der Waals surface area contributed by atoms with Gasteiger partial charge in [0, 0.05) is 51.0 Å². The van der Waals surface area contributed by atoms with Gasteiger partial charge in [-0.3, -0.25) is 14.5 Å². The van der Waals surface area contributed by atoms with Gasteiger partial charge in [-0.15, -0.1) is 0 Å². The number of β-amino-alcohol motifs (C(OH)–C–C–N with tert-alkyl or cyclic N) is 1. The number of ether oxygens (including phenoxy) is 1. The molecule has 4 unspecified atom stereocenters. The van der Waals surface area contributed by atoms with E-state index in [-0.39, 0.29) is 18.3 Å². The quantitative estimate of drug-likeness (QED) is 0.877. The molecule has 130 valence electrons. The zero-order valence-electron chi connectivity index (χ0n) is 14.6. The van der Waals surface area contributed by atoms with E-state index in [1.807, 2.05) is 17.9 Å². The Morgan fingerprint density at radius 1 is 1.30 bits per heavy atom. The predicted molar refractivity (Wildman–Crippen MR) is 89.2 cm³/mol. The van der Waals surface area contributed by atoms with Gasteiger partial charge in [-0.25, -0.2) is 0 Å². The third-order valence-electron chi connectivity index (χ3n) is 4.88. The molecule has 0 aromatic carbocycles. The van der Waals surface area contributed by atoms with E-state index in [0.717, 1.165) is 39.1 Å². The number of nitrogens with zero attached hydrogens (tertiary/aromatic N) is 4. The van der Waals surface area contributed by atoms with Gasteiger partial charge >= 0.3 is 0 Å². The summed E-state index contributed by atoms with van der Waals surface area (Å²) in [7, 11) is 1.96. The van der Waals surface area contributed by atoms with Crippen molar-refractivity contribution in [2.24, 2.45) is 7.05 Å². The Morgan fingerprint density at radius 3 is 2.70 bits per heavy atom. The molecule has 2 aliphatic rings. The van der Waals surface area contributed by atoms with Crippen molar-refractivity contribution in [2.45, 2.75) is 51.0 Å². The van der Waals surface area contributed by atoms with Gasteiger partial charge < -0.3 is 9.84 Å². The Bertz CT molecular complexity index is 497. The lowest BCUT2D eigenvalue weighted by Gasteiger charge is -2.37. The molecule has 3 heterocycles. The van der Waals surface area contributed by atoms with Crippen LogP contribution in [-0.2, 0) is 11.8 Å². The summed E-state index contributed by atoms with van der Waals surface area (Å²) in [6, 6.07) is 0.404. The molecule has 4 atom stereocenters. The minimum absolute atomic E-state index is 0.251. The lowest BCUT2D eigenvalue weighted by molar-refractivity contribution is -0.0782. The van der Waals surface area contributed by atoms with Crippen LogP contribution in [0.1, 0.15) is 38.3 Å². The van der Waals surface area contributed by atoms with Crippen LogP contribution in [0.25, 0.3) is 0 Å². The summed E-state index contributed by atoms with van der Waals surface area (Å²) in [5.41, 5.74) is 1.27. The van der Waals surface area contributed by atoms with Crippen molar-refractivity contribution >= 4 is 0 Å². The van der Waals surface area contributed by atoms with Crippen LogP contribution in [0.15, 0.2) is 12.4 Å². The van der Waals surface area contributed by atoms with Gasteiger partial charge in [-0.05, 0) is 33.2 Å². The molecule has 23 heavy (non-hydrogen) atoms. The molecule has 0 bridgehead atoms. The summed E-state index contributed by atoms with van der Waals surface area (Å²) in [6.07, 6.45) is 6.59. The SMILES string of the molecule is CC1CN(CC(O)CN2CCCC2c2cnn(C)c2)CC(C)O1. The molecule has 6 nitrogen and oxygen atoms in total. The first-order valence-electron chi connectivity index (χ1n) is 8.79. The van der Waals surface area contributed by atoms with Gasteiger partial charge in [-0.2, -0.15) is 5.10 Å². The highest BCUT2D eigenvalue weighted by molar-refractivity contribution is 5.12. The van der Waals surface area contributed by atoms with Crippen molar-refractivity contribution in [1.82, 2.24) is 19.6 Å². The fourth-order valence-electron chi connectivity index (χ4n) is 4.09. The van der Waals surface area contributed by atoms with Crippen LogP contribution in [-0.4, -0.2) is 75.7 Å². The van der Waals surface area contributed by atoms with Gasteiger partial charge in [-0.1, -0.05) is 0 Å². The number of aliphatic hydroxyl groups is 1. The van der Waals surface area contributed by atoms with Crippen LogP contribution >= 0.6 is 0 Å². The first kappa shape index (κ1) is 16.9. The summed E-state index contributed by atoms with van der Waals surface area (Å²) < 4.78 is 7.63. The fraction of sp³-hybridized carbons (Fsp3) is 0.824. The topological polar surface area (TPSA) is 53.8 Å². The highest BCUT2D eigenvalue weighted by atomic mass is 16.5. The maximum Gasteiger partial charge on any atom is 0.0794 e. The average molecular weight is 322 g/mol. The zero-order chi connectivity index (χ0) is 16.4. The molecule has 0 amide bonds. The van der Waals surface area contributed by atoms with Gasteiger partial charge in [0.2, 0.25) is 0 Å². The van der Waals surface area contributed by atoms with Gasteiger partial charge in [0.15, 0.2) is 0 Å². The summed E-state index contributed by atoms with van der Waals surface area (Å²) in [5, 5.41) is 14.8. The van der Waals surface area contributed by atoms with Crippen molar-refractivity contribution in [3.63, 3.8) is 0 Å². The van der Waals surface area contributed by atoms with E-state index in [1.165, 1.54) is 12.0 Å². The second kappa shape index (κ2) is 7.30. The van der Waals surface area contributed by atoms with Crippen LogP contribution in [0.4, 0.5) is 0 Å². The van der Waals surface area contributed by atoms with E-state index in [2.05, 4.69) is 34.9 Å². The van der Waals surface area contributed by atoms with Crippen molar-refractivity contribution in [3.05, 3.63) is 18.0 Å². The number of hydrogen-bond donors (Lipinski definition) is 1. The molecule has 1 N–H and O–H groups in total. The molecule has 6 heteroatoms. The first-order chi connectivity index (χ1) is 11.0. The Hall–Kier alpha value is -0.950. The Labute approximate surface area is 139 Å². The van der Waals surface area contributed by atoms with Crippen molar-refractivity contribution in [3.8, 4) is 0 Å². The Morgan fingerprint density at radius 2 is 2.04 bits per heavy atom. The summed E-state index contributed by atoms with van der Waals surface area (Å²) >= 11 is 0. The van der Waals surface area contributed by atoms with E-state index < -0.39 is 0 Å². The molecule has 2 fully saturated rings. The third kappa shape index (κ3) is 4.32. The van der Waals surface area contributed by atoms with E-state index in [1.54, 1.807) is 0 Å². The van der Waals surface area contributed by atoms with Crippen LogP contribution in [0.5, 0.6) is 0 Å². The number of hydrogen-bond acceptors (Lipinski definition) is 5. The van der Waals surface area contributed by atoms with Crippen LogP contribution < -0.4 is 0 Å². The zero-order valence-corrected chi connectivity index (χ0v) is 14.6. The molecule has 3 rings (SSSR count). The van der Waals surface area contributed by atoms with Crippen LogP contribution in [0.3, 0.4) is 0 Å². The molecule has 2 saturated heterocycles. The summed E-state index contributed by atoms with van der Waals surface area (Å²) in [4.78, 5) is 4.74. The second-order valence-electron chi connectivity index (χ2n) is 7.23. The van der Waals surface area contributed by atoms with Crippen LogP contribution in [0, 0.1) is 0 Å². The largest absolute Gasteiger partial charge is 0.390 e. The lowest BCUT2D eigenvalue weighted by atomic mass is 10.1. The summed E-state index contributed by atoms with van der Waals surface area (Å²) in [5.74, 6) is 0. The normalized spacial score (nSPS) is 31.6. The molecular formula is C17H30N4O2. The number of likely N-dealkylation sites (tertiary alicyclic amines) is 1. The number of rotatable bonds is 5. The molecule has 2 aliphatic heterocycles. The van der Waals surface area contributed by atoms with Gasteiger partial charge in [0.25, 0.3) is 0 Å². The minimum atomic E-state index is -0.315. The number of morpholine rings is 1. The molecule has 1 aromatic rings. The molecule has 0 radical (unpaired) electrons. The van der Waals surface area contributed by atoms with E-state index in [9.17, 15) is 5.11 Å². The fourth-order valence-corrected chi connectivity index (χ4v) is 4.09. The third-order valence-corrected chi connectivity index (χ3v) is 4.88. The first-order valence-corrected chi connectivity index (χ1v) is 8.79. The average Bonchev–Trinajstić information content (AvgIpc) is 3.06. The van der Waals surface area contributed by atoms with E-state index in [0.29, 0.717) is 6.04 Å². The predicted octanol–water partition coefficient (Wildman–Crippen LogP) is 1.03. The standard InChI is InChI=1S/C17H30N4O2/c1-13-8-20(9-14(2)23-13)11-16(22)12-21-6-4-5-17(21)15-7-18-19(3)10-15/h7,10,13-14,16-17,22H,4-6,8-9,11-12H2,1-3H3. The molecule has 1 aromatic heterocycles. The smallest absolute Gasteiger partial charge is 0.0794 e. The molecular weight excluding hydrogens is 292 g/mol. The molecule has 0 aliphatic carbocycles. The maximum atomic E-state index is 10.6. The van der Waals surface area contributed by atoms with E-state index in [4.69, 9.17) is 4.74 Å². The summed E-state index contributed by atoms with van der Waals surface area (Å²) in [6.45, 7) is 8.56. The lowest BCUT2D eigenvalue weighted by Crippen LogP contribution is -2.49. The number of aromatic nitrogens is 2. The van der Waals surface area contributed by atoms with Gasteiger partial charge in [0.1, 0.15) is 0 Å². The maximum absolute atomic E-state index is 10.6.